The number of ether oxygens (including phenoxy) is 1. The third-order valence-corrected chi connectivity index (χ3v) is 2.82. The van der Waals surface area contributed by atoms with E-state index in [1.165, 1.54) is 6.42 Å². The second kappa shape index (κ2) is 6.39. The van der Waals surface area contributed by atoms with Crippen LogP contribution in [0.3, 0.4) is 0 Å². The Kier molecular flexibility index (Phi) is 4.55. The molecule has 1 aliphatic heterocycles. The molecule has 0 bridgehead atoms. The van der Waals surface area contributed by atoms with Crippen LogP contribution in [0.2, 0.25) is 0 Å². The quantitative estimate of drug-likeness (QED) is 0.786. The van der Waals surface area contributed by atoms with E-state index in [0.29, 0.717) is 0 Å². The SMILES string of the molecule is CCCCNc1cc(N2CCOCC2)ncn1. The fourth-order valence-corrected chi connectivity index (χ4v) is 1.80. The van der Waals surface area contributed by atoms with E-state index < -0.39 is 0 Å². The first-order chi connectivity index (χ1) is 8.40. The van der Waals surface area contributed by atoms with Crippen molar-refractivity contribution in [2.75, 3.05) is 43.1 Å². The molecule has 1 saturated heterocycles. The van der Waals surface area contributed by atoms with E-state index in [1.807, 2.05) is 6.07 Å². The molecule has 0 aromatic carbocycles. The van der Waals surface area contributed by atoms with E-state index in [0.717, 1.165) is 50.9 Å². The summed E-state index contributed by atoms with van der Waals surface area (Å²) in [5.41, 5.74) is 0. The first-order valence-electron chi connectivity index (χ1n) is 6.29. The molecule has 1 aromatic heterocycles. The van der Waals surface area contributed by atoms with Crippen molar-refractivity contribution in [3.8, 4) is 0 Å². The van der Waals surface area contributed by atoms with Gasteiger partial charge >= 0.3 is 0 Å². The summed E-state index contributed by atoms with van der Waals surface area (Å²) in [5, 5.41) is 3.32. The second-order valence-corrected chi connectivity index (χ2v) is 4.14. The number of hydrogen-bond donors (Lipinski definition) is 1. The average Bonchev–Trinajstić information content (AvgIpc) is 2.41. The van der Waals surface area contributed by atoms with Crippen molar-refractivity contribution in [1.29, 1.82) is 0 Å². The number of nitrogens with zero attached hydrogens (tertiary/aromatic N) is 3. The minimum Gasteiger partial charge on any atom is -0.378 e. The van der Waals surface area contributed by atoms with Gasteiger partial charge in [0, 0.05) is 25.7 Å². The maximum atomic E-state index is 5.33. The fourth-order valence-electron chi connectivity index (χ4n) is 1.80. The van der Waals surface area contributed by atoms with Crippen molar-refractivity contribution in [2.24, 2.45) is 0 Å². The largest absolute Gasteiger partial charge is 0.378 e. The molecule has 1 N–H and O–H groups in total. The zero-order chi connectivity index (χ0) is 11.9. The van der Waals surface area contributed by atoms with Gasteiger partial charge in [-0.2, -0.15) is 0 Å². The molecule has 5 heteroatoms. The monoisotopic (exact) mass is 236 g/mol. The van der Waals surface area contributed by atoms with Crippen LogP contribution in [0.25, 0.3) is 0 Å². The van der Waals surface area contributed by atoms with Crippen molar-refractivity contribution in [2.45, 2.75) is 19.8 Å². The van der Waals surface area contributed by atoms with Crippen molar-refractivity contribution in [3.05, 3.63) is 12.4 Å². The third kappa shape index (κ3) is 3.56. The lowest BCUT2D eigenvalue weighted by Gasteiger charge is -2.27. The van der Waals surface area contributed by atoms with Crippen LogP contribution in [0.4, 0.5) is 11.6 Å². The van der Waals surface area contributed by atoms with Crippen LogP contribution in [-0.4, -0.2) is 42.8 Å². The number of nitrogens with one attached hydrogen (secondary N) is 1. The number of hydrogen-bond acceptors (Lipinski definition) is 5. The summed E-state index contributed by atoms with van der Waals surface area (Å²) in [5.74, 6) is 1.90. The van der Waals surface area contributed by atoms with Gasteiger partial charge < -0.3 is 15.0 Å². The zero-order valence-corrected chi connectivity index (χ0v) is 10.4. The number of aromatic nitrogens is 2. The molecule has 0 saturated carbocycles. The molecule has 1 aliphatic rings. The normalized spacial score (nSPS) is 15.9. The maximum Gasteiger partial charge on any atom is 0.134 e. The van der Waals surface area contributed by atoms with Crippen molar-refractivity contribution in [1.82, 2.24) is 9.97 Å². The molecular weight excluding hydrogens is 216 g/mol. The molecule has 94 valence electrons. The molecule has 0 atom stereocenters. The van der Waals surface area contributed by atoms with Crippen molar-refractivity contribution >= 4 is 11.6 Å². The summed E-state index contributed by atoms with van der Waals surface area (Å²) in [6.45, 7) is 6.53. The van der Waals surface area contributed by atoms with E-state index in [9.17, 15) is 0 Å². The molecule has 17 heavy (non-hydrogen) atoms. The van der Waals surface area contributed by atoms with Gasteiger partial charge in [0.25, 0.3) is 0 Å². The summed E-state index contributed by atoms with van der Waals surface area (Å²) in [4.78, 5) is 10.8. The Morgan fingerprint density at radius 3 is 2.94 bits per heavy atom. The van der Waals surface area contributed by atoms with Crippen LogP contribution in [0.5, 0.6) is 0 Å². The number of morpholine rings is 1. The first kappa shape index (κ1) is 12.1. The van der Waals surface area contributed by atoms with Crippen molar-refractivity contribution in [3.63, 3.8) is 0 Å². The Hall–Kier alpha value is -1.36. The topological polar surface area (TPSA) is 50.3 Å². The van der Waals surface area contributed by atoms with Crippen LogP contribution in [0.15, 0.2) is 12.4 Å². The van der Waals surface area contributed by atoms with Gasteiger partial charge in [-0.05, 0) is 6.42 Å². The van der Waals surface area contributed by atoms with E-state index in [1.54, 1.807) is 6.33 Å². The van der Waals surface area contributed by atoms with Gasteiger partial charge in [0.2, 0.25) is 0 Å². The Morgan fingerprint density at radius 2 is 2.18 bits per heavy atom. The fraction of sp³-hybridized carbons (Fsp3) is 0.667. The van der Waals surface area contributed by atoms with Crippen LogP contribution < -0.4 is 10.2 Å². The Morgan fingerprint density at radius 1 is 1.35 bits per heavy atom. The van der Waals surface area contributed by atoms with E-state index in [-0.39, 0.29) is 0 Å². The predicted molar refractivity (Wildman–Crippen MR) is 68.5 cm³/mol. The Labute approximate surface area is 102 Å². The summed E-state index contributed by atoms with van der Waals surface area (Å²) >= 11 is 0. The maximum absolute atomic E-state index is 5.33. The highest BCUT2D eigenvalue weighted by Crippen LogP contribution is 2.15. The molecule has 0 spiro atoms. The zero-order valence-electron chi connectivity index (χ0n) is 10.4. The highest BCUT2D eigenvalue weighted by molar-refractivity contribution is 5.48. The number of anilines is 2. The highest BCUT2D eigenvalue weighted by Gasteiger charge is 2.12. The average molecular weight is 236 g/mol. The second-order valence-electron chi connectivity index (χ2n) is 4.14. The smallest absolute Gasteiger partial charge is 0.134 e. The summed E-state index contributed by atoms with van der Waals surface area (Å²) in [7, 11) is 0. The number of rotatable bonds is 5. The lowest BCUT2D eigenvalue weighted by Crippen LogP contribution is -2.36. The van der Waals surface area contributed by atoms with Gasteiger partial charge in [-0.1, -0.05) is 13.3 Å². The predicted octanol–water partition coefficient (Wildman–Crippen LogP) is 1.53. The molecule has 0 unspecified atom stereocenters. The Balaban J connectivity index is 1.95. The molecule has 0 radical (unpaired) electrons. The summed E-state index contributed by atoms with van der Waals surface area (Å²) in [6.07, 6.45) is 3.98. The molecule has 1 aromatic rings. The minimum absolute atomic E-state index is 0.780. The summed E-state index contributed by atoms with van der Waals surface area (Å²) in [6, 6.07) is 2.01. The van der Waals surface area contributed by atoms with Crippen molar-refractivity contribution < 1.29 is 4.74 Å². The van der Waals surface area contributed by atoms with Gasteiger partial charge in [-0.3, -0.25) is 0 Å². The van der Waals surface area contributed by atoms with Gasteiger partial charge in [0.05, 0.1) is 13.2 Å². The van der Waals surface area contributed by atoms with Gasteiger partial charge in [0.15, 0.2) is 0 Å². The first-order valence-corrected chi connectivity index (χ1v) is 6.29. The van der Waals surface area contributed by atoms with Crippen LogP contribution in [-0.2, 0) is 4.74 Å². The standard InChI is InChI=1S/C12H20N4O/c1-2-3-4-13-11-9-12(15-10-14-11)16-5-7-17-8-6-16/h9-10H,2-8H2,1H3,(H,13,14,15). The van der Waals surface area contributed by atoms with Crippen LogP contribution >= 0.6 is 0 Å². The highest BCUT2D eigenvalue weighted by atomic mass is 16.5. The molecule has 2 rings (SSSR count). The van der Waals surface area contributed by atoms with E-state index >= 15 is 0 Å². The third-order valence-electron chi connectivity index (χ3n) is 2.82. The Bertz CT molecular complexity index is 339. The molecule has 0 amide bonds. The molecule has 1 fully saturated rings. The van der Waals surface area contributed by atoms with E-state index in [2.05, 4.69) is 27.1 Å². The van der Waals surface area contributed by atoms with Gasteiger partial charge in [0.1, 0.15) is 18.0 Å². The van der Waals surface area contributed by atoms with Gasteiger partial charge in [-0.15, -0.1) is 0 Å². The van der Waals surface area contributed by atoms with Crippen LogP contribution in [0, 0.1) is 0 Å². The van der Waals surface area contributed by atoms with E-state index in [4.69, 9.17) is 4.74 Å². The van der Waals surface area contributed by atoms with Crippen LogP contribution in [0.1, 0.15) is 19.8 Å². The lowest BCUT2D eigenvalue weighted by atomic mass is 10.3. The summed E-state index contributed by atoms with van der Waals surface area (Å²) < 4.78 is 5.33. The molecular formula is C12H20N4O. The molecule has 0 aliphatic carbocycles. The lowest BCUT2D eigenvalue weighted by molar-refractivity contribution is 0.122. The van der Waals surface area contributed by atoms with Gasteiger partial charge in [-0.25, -0.2) is 9.97 Å². The number of unbranched alkanes of at least 4 members (excludes halogenated alkanes) is 1. The minimum atomic E-state index is 0.780. The molecule has 5 nitrogen and oxygen atoms in total. The molecule has 2 heterocycles.